The van der Waals surface area contributed by atoms with Crippen molar-refractivity contribution in [3.8, 4) is 33.4 Å². The summed E-state index contributed by atoms with van der Waals surface area (Å²) in [6, 6.07) is 12.6. The normalized spacial score (nSPS) is 11.8. The van der Waals surface area contributed by atoms with E-state index in [1.165, 1.54) is 23.9 Å². The highest BCUT2D eigenvalue weighted by atomic mass is 32.2. The van der Waals surface area contributed by atoms with Gasteiger partial charge in [0.1, 0.15) is 0 Å². The number of benzene rings is 4. The van der Waals surface area contributed by atoms with Gasteiger partial charge in [0.05, 0.1) is 5.56 Å². The topological polar surface area (TPSA) is 0 Å². The van der Waals surface area contributed by atoms with Crippen LogP contribution in [0.4, 0.5) is 39.5 Å². The van der Waals surface area contributed by atoms with Crippen LogP contribution in [0.1, 0.15) is 20.8 Å². The second-order valence-electron chi connectivity index (χ2n) is 9.24. The highest BCUT2D eigenvalue weighted by Gasteiger charge is 2.35. The smallest absolute Gasteiger partial charge is 0.200 e. The molecule has 0 aliphatic heterocycles. The molecule has 0 amide bonds. The minimum atomic E-state index is -2.55. The van der Waals surface area contributed by atoms with Crippen molar-refractivity contribution in [3.63, 3.8) is 0 Å². The molecule has 0 N–H and O–H groups in total. The van der Waals surface area contributed by atoms with E-state index in [1.54, 1.807) is 30.3 Å². The molecule has 0 unspecified atom stereocenters. The first-order valence-electron chi connectivity index (χ1n) is 11.0. The number of halogens is 9. The maximum absolute atomic E-state index is 15.2. The lowest BCUT2D eigenvalue weighted by Crippen LogP contribution is -2.10. The number of hydrogen-bond acceptors (Lipinski definition) is 1. The van der Waals surface area contributed by atoms with Crippen LogP contribution in [0.25, 0.3) is 33.4 Å². The van der Waals surface area contributed by atoms with Gasteiger partial charge in [0.2, 0.25) is 5.82 Å². The Bertz CT molecular complexity index is 1530. The average Bonchev–Trinajstić information content (AvgIpc) is 2.87. The Morgan fingerprint density at radius 1 is 0.474 bits per heavy atom. The Morgan fingerprint density at radius 2 is 0.921 bits per heavy atom. The first kappa shape index (κ1) is 27.6. The predicted octanol–water partition coefficient (Wildman–Crippen LogP) is 9.83. The fourth-order valence-corrected chi connectivity index (χ4v) is 5.05. The van der Waals surface area contributed by atoms with Gasteiger partial charge in [0, 0.05) is 20.8 Å². The maximum Gasteiger partial charge on any atom is 0.200 e. The molecule has 198 valence electrons. The SMILES string of the molecule is CC(C)(C)Sc1cc(-c2c(F)c(F)c(F)c(F)c2-c2c(F)c(F)c(F)c(F)c2F)ccc1-c1ccccc1. The first-order chi connectivity index (χ1) is 17.7. The van der Waals surface area contributed by atoms with Crippen molar-refractivity contribution in [1.29, 1.82) is 0 Å². The molecule has 0 aliphatic rings. The summed E-state index contributed by atoms with van der Waals surface area (Å²) in [7, 11) is 0. The molecule has 4 aromatic carbocycles. The zero-order valence-corrected chi connectivity index (χ0v) is 20.7. The molecule has 0 heterocycles. The van der Waals surface area contributed by atoms with Crippen molar-refractivity contribution in [2.75, 3.05) is 0 Å². The quantitative estimate of drug-likeness (QED) is 0.104. The third-order valence-corrected chi connectivity index (χ3v) is 6.67. The van der Waals surface area contributed by atoms with E-state index in [2.05, 4.69) is 0 Å². The van der Waals surface area contributed by atoms with Crippen LogP contribution < -0.4 is 0 Å². The number of hydrogen-bond donors (Lipinski definition) is 0. The van der Waals surface area contributed by atoms with E-state index < -0.39 is 73.8 Å². The largest absolute Gasteiger partial charge is 0.203 e. The summed E-state index contributed by atoms with van der Waals surface area (Å²) in [5.41, 5.74) is -3.85. The summed E-state index contributed by atoms with van der Waals surface area (Å²) < 4.78 is 129. The highest BCUT2D eigenvalue weighted by Crippen LogP contribution is 2.46. The summed E-state index contributed by atoms with van der Waals surface area (Å²) in [6.45, 7) is 5.53. The van der Waals surface area contributed by atoms with Gasteiger partial charge in [-0.1, -0.05) is 63.2 Å². The fraction of sp³-hybridized carbons (Fsp3) is 0.143. The van der Waals surface area contributed by atoms with Crippen molar-refractivity contribution in [2.45, 2.75) is 30.4 Å². The van der Waals surface area contributed by atoms with Crippen molar-refractivity contribution < 1.29 is 39.5 Å². The zero-order chi connectivity index (χ0) is 28.1. The lowest BCUT2D eigenvalue weighted by molar-refractivity contribution is 0.379. The second kappa shape index (κ2) is 10.1. The molecular formula is C28H17F9S. The molecule has 4 rings (SSSR count). The van der Waals surface area contributed by atoms with E-state index >= 15 is 8.78 Å². The number of rotatable bonds is 4. The summed E-state index contributed by atoms with van der Waals surface area (Å²) in [5, 5.41) is 0. The Balaban J connectivity index is 2.12. The molecule has 38 heavy (non-hydrogen) atoms. The molecule has 0 saturated heterocycles. The standard InChI is InChI=1S/C28H17F9S/c1-28(2,3)38-15-11-13(9-10-14(15)12-7-5-4-6-8-12)16-17(20(30)24(34)23(33)19(16)29)18-21(31)25(35)27(37)26(36)22(18)32/h4-11H,1-3H3. The van der Waals surface area contributed by atoms with Crippen LogP contribution in [0.3, 0.4) is 0 Å². The van der Waals surface area contributed by atoms with Gasteiger partial charge in [-0.05, 0) is 22.8 Å². The van der Waals surface area contributed by atoms with Gasteiger partial charge >= 0.3 is 0 Å². The van der Waals surface area contributed by atoms with Crippen LogP contribution in [0, 0.1) is 52.4 Å². The predicted molar refractivity (Wildman–Crippen MR) is 128 cm³/mol. The molecule has 0 aromatic heterocycles. The van der Waals surface area contributed by atoms with Gasteiger partial charge in [-0.15, -0.1) is 11.8 Å². The Kier molecular flexibility index (Phi) is 7.31. The van der Waals surface area contributed by atoms with Crippen molar-refractivity contribution in [2.24, 2.45) is 0 Å². The Morgan fingerprint density at radius 3 is 1.42 bits per heavy atom. The molecule has 0 spiro atoms. The summed E-state index contributed by atoms with van der Waals surface area (Å²) in [5.74, 6) is -21.7. The van der Waals surface area contributed by atoms with Crippen LogP contribution in [0.5, 0.6) is 0 Å². The van der Waals surface area contributed by atoms with Crippen LogP contribution in [0.2, 0.25) is 0 Å². The first-order valence-corrected chi connectivity index (χ1v) is 11.8. The van der Waals surface area contributed by atoms with Gasteiger partial charge in [0.15, 0.2) is 46.5 Å². The monoisotopic (exact) mass is 556 g/mol. The molecule has 0 aliphatic carbocycles. The Hall–Kier alpha value is -3.40. The summed E-state index contributed by atoms with van der Waals surface area (Å²) in [4.78, 5) is 0.439. The van der Waals surface area contributed by atoms with E-state index in [0.29, 0.717) is 16.0 Å². The maximum atomic E-state index is 15.2. The van der Waals surface area contributed by atoms with Crippen LogP contribution in [0.15, 0.2) is 53.4 Å². The second-order valence-corrected chi connectivity index (χ2v) is 11.1. The minimum Gasteiger partial charge on any atom is -0.203 e. The van der Waals surface area contributed by atoms with E-state index in [-0.39, 0.29) is 5.56 Å². The molecule has 4 aromatic rings. The summed E-state index contributed by atoms with van der Waals surface area (Å²) >= 11 is 1.26. The van der Waals surface area contributed by atoms with Crippen molar-refractivity contribution in [1.82, 2.24) is 0 Å². The van der Waals surface area contributed by atoms with Crippen LogP contribution in [-0.4, -0.2) is 4.75 Å². The molecule has 0 saturated carbocycles. The zero-order valence-electron chi connectivity index (χ0n) is 19.9. The van der Waals surface area contributed by atoms with E-state index in [9.17, 15) is 30.7 Å². The molecule has 0 fully saturated rings. The summed E-state index contributed by atoms with van der Waals surface area (Å²) in [6.07, 6.45) is 0. The van der Waals surface area contributed by atoms with E-state index in [4.69, 9.17) is 0 Å². The van der Waals surface area contributed by atoms with Gasteiger partial charge < -0.3 is 0 Å². The van der Waals surface area contributed by atoms with Crippen LogP contribution >= 0.6 is 11.8 Å². The lowest BCUT2D eigenvalue weighted by atomic mass is 9.91. The van der Waals surface area contributed by atoms with Gasteiger partial charge in [0.25, 0.3) is 0 Å². The molecule has 0 atom stereocenters. The molecule has 0 radical (unpaired) electrons. The van der Waals surface area contributed by atoms with Gasteiger partial charge in [-0.25, -0.2) is 39.5 Å². The van der Waals surface area contributed by atoms with E-state index in [1.807, 2.05) is 20.8 Å². The Labute approximate surface area is 216 Å². The van der Waals surface area contributed by atoms with E-state index in [0.717, 1.165) is 6.07 Å². The molecule has 10 heteroatoms. The fourth-order valence-electron chi connectivity index (χ4n) is 3.91. The van der Waals surface area contributed by atoms with Crippen molar-refractivity contribution >= 4 is 11.8 Å². The van der Waals surface area contributed by atoms with Gasteiger partial charge in [-0.2, -0.15) is 0 Å². The number of thioether (sulfide) groups is 1. The minimum absolute atomic E-state index is 0.384. The highest BCUT2D eigenvalue weighted by molar-refractivity contribution is 8.00. The lowest BCUT2D eigenvalue weighted by Gasteiger charge is -2.22. The third-order valence-electron chi connectivity index (χ3n) is 5.50. The van der Waals surface area contributed by atoms with Crippen molar-refractivity contribution in [3.05, 3.63) is 101 Å². The molecular weight excluding hydrogens is 539 g/mol. The average molecular weight is 556 g/mol. The van der Waals surface area contributed by atoms with Gasteiger partial charge in [-0.3, -0.25) is 0 Å². The van der Waals surface area contributed by atoms with Crippen LogP contribution in [-0.2, 0) is 0 Å². The molecule has 0 bridgehead atoms. The molecule has 0 nitrogen and oxygen atoms in total. The third kappa shape index (κ3) is 4.77.